The molecule has 0 saturated carbocycles. The number of rotatable bonds is 5. The number of hydrogen-bond acceptors (Lipinski definition) is 2. The van der Waals surface area contributed by atoms with Gasteiger partial charge >= 0.3 is 0 Å². The summed E-state index contributed by atoms with van der Waals surface area (Å²) in [6, 6.07) is 4.49. The van der Waals surface area contributed by atoms with E-state index in [1.165, 1.54) is 0 Å². The first-order valence-electron chi connectivity index (χ1n) is 5.38. The van der Waals surface area contributed by atoms with Crippen molar-refractivity contribution in [2.24, 2.45) is 5.92 Å². The van der Waals surface area contributed by atoms with Crippen LogP contribution < -0.4 is 5.32 Å². The molecular weight excluding hydrogens is 208 g/mol. The Kier molecular flexibility index (Phi) is 4.89. The molecular formula is C12H19ClN2. The first-order valence-corrected chi connectivity index (χ1v) is 5.92. The molecule has 1 aromatic rings. The fourth-order valence-electron chi connectivity index (χ4n) is 1.54. The van der Waals surface area contributed by atoms with Crippen LogP contribution in [0.2, 0.25) is 0 Å². The van der Waals surface area contributed by atoms with Crippen molar-refractivity contribution in [2.75, 3.05) is 11.2 Å². The molecule has 1 aromatic heterocycles. The van der Waals surface area contributed by atoms with Crippen LogP contribution in [0.1, 0.15) is 26.0 Å². The maximum absolute atomic E-state index is 5.79. The summed E-state index contributed by atoms with van der Waals surface area (Å²) in [6.07, 6.45) is 2.82. The molecule has 1 rings (SSSR count). The number of nitrogens with one attached hydrogen (secondary N) is 1. The summed E-state index contributed by atoms with van der Waals surface area (Å²) in [5.74, 6) is 1.28. The molecule has 0 aliphatic rings. The Labute approximate surface area is 97.1 Å². The Balaban J connectivity index is 2.65. The van der Waals surface area contributed by atoms with Gasteiger partial charge in [-0.1, -0.05) is 13.8 Å². The Morgan fingerprint density at radius 3 is 2.73 bits per heavy atom. The Morgan fingerprint density at radius 2 is 2.20 bits per heavy atom. The molecule has 2 nitrogen and oxygen atoms in total. The number of halogens is 1. The topological polar surface area (TPSA) is 24.9 Å². The SMILES string of the molecule is Cc1cc(NC(CCCl)C(C)C)ccn1. The second-order valence-electron chi connectivity index (χ2n) is 4.16. The number of pyridine rings is 1. The van der Waals surface area contributed by atoms with Gasteiger partial charge in [0.05, 0.1) is 0 Å². The predicted octanol–water partition coefficient (Wildman–Crippen LogP) is 3.46. The standard InChI is InChI=1S/C12H19ClN2/c1-9(2)12(4-6-13)15-11-5-7-14-10(3)8-11/h5,7-9,12H,4,6H2,1-3H3,(H,14,15). The second kappa shape index (κ2) is 5.96. The van der Waals surface area contributed by atoms with E-state index in [9.17, 15) is 0 Å². The minimum atomic E-state index is 0.435. The van der Waals surface area contributed by atoms with Gasteiger partial charge in [-0.2, -0.15) is 0 Å². The molecule has 84 valence electrons. The van der Waals surface area contributed by atoms with Crippen LogP contribution in [0.3, 0.4) is 0 Å². The van der Waals surface area contributed by atoms with E-state index in [4.69, 9.17) is 11.6 Å². The van der Waals surface area contributed by atoms with Gasteiger partial charge in [0.1, 0.15) is 0 Å². The summed E-state index contributed by atoms with van der Waals surface area (Å²) >= 11 is 5.79. The number of aromatic nitrogens is 1. The molecule has 1 heterocycles. The van der Waals surface area contributed by atoms with E-state index in [2.05, 4.69) is 30.2 Å². The molecule has 0 aromatic carbocycles. The third-order valence-corrected chi connectivity index (χ3v) is 2.69. The van der Waals surface area contributed by atoms with Crippen molar-refractivity contribution < 1.29 is 0 Å². The lowest BCUT2D eigenvalue weighted by Crippen LogP contribution is -2.26. The highest BCUT2D eigenvalue weighted by Gasteiger charge is 2.12. The number of aryl methyl sites for hydroxylation is 1. The first kappa shape index (κ1) is 12.3. The van der Waals surface area contributed by atoms with Crippen LogP contribution in [0.4, 0.5) is 5.69 Å². The molecule has 0 bridgehead atoms. The number of anilines is 1. The van der Waals surface area contributed by atoms with Crippen molar-refractivity contribution in [3.63, 3.8) is 0 Å². The molecule has 0 spiro atoms. The molecule has 1 atom stereocenters. The molecule has 0 amide bonds. The van der Waals surface area contributed by atoms with Crippen LogP contribution in [0.5, 0.6) is 0 Å². The predicted molar refractivity (Wildman–Crippen MR) is 66.6 cm³/mol. The zero-order valence-corrected chi connectivity index (χ0v) is 10.4. The van der Waals surface area contributed by atoms with Gasteiger partial charge in [-0.05, 0) is 31.4 Å². The van der Waals surface area contributed by atoms with Crippen LogP contribution in [0.25, 0.3) is 0 Å². The summed E-state index contributed by atoms with van der Waals surface area (Å²) in [5, 5.41) is 3.50. The maximum Gasteiger partial charge on any atom is 0.0393 e. The zero-order chi connectivity index (χ0) is 11.3. The Morgan fingerprint density at radius 1 is 1.47 bits per heavy atom. The summed E-state index contributed by atoms with van der Waals surface area (Å²) in [7, 11) is 0. The van der Waals surface area contributed by atoms with E-state index in [0.717, 1.165) is 17.8 Å². The van der Waals surface area contributed by atoms with E-state index < -0.39 is 0 Å². The van der Waals surface area contributed by atoms with Crippen molar-refractivity contribution in [3.8, 4) is 0 Å². The largest absolute Gasteiger partial charge is 0.382 e. The number of nitrogens with zero attached hydrogens (tertiary/aromatic N) is 1. The van der Waals surface area contributed by atoms with Gasteiger partial charge in [-0.25, -0.2) is 0 Å². The van der Waals surface area contributed by atoms with Crippen LogP contribution in [0.15, 0.2) is 18.3 Å². The molecule has 15 heavy (non-hydrogen) atoms. The van der Waals surface area contributed by atoms with Gasteiger partial charge in [0.25, 0.3) is 0 Å². The van der Waals surface area contributed by atoms with E-state index in [1.807, 2.05) is 19.2 Å². The van der Waals surface area contributed by atoms with Gasteiger partial charge < -0.3 is 5.32 Å². The monoisotopic (exact) mass is 226 g/mol. The molecule has 1 unspecified atom stereocenters. The lowest BCUT2D eigenvalue weighted by atomic mass is 10.0. The lowest BCUT2D eigenvalue weighted by molar-refractivity contribution is 0.513. The minimum Gasteiger partial charge on any atom is -0.382 e. The van der Waals surface area contributed by atoms with E-state index in [1.54, 1.807) is 0 Å². The first-order chi connectivity index (χ1) is 7.13. The van der Waals surface area contributed by atoms with E-state index in [0.29, 0.717) is 17.8 Å². The quantitative estimate of drug-likeness (QED) is 0.778. The van der Waals surface area contributed by atoms with Gasteiger partial charge in [0.2, 0.25) is 0 Å². The van der Waals surface area contributed by atoms with Crippen molar-refractivity contribution in [2.45, 2.75) is 33.2 Å². The summed E-state index contributed by atoms with van der Waals surface area (Å²) in [6.45, 7) is 6.41. The average molecular weight is 227 g/mol. The van der Waals surface area contributed by atoms with Gasteiger partial charge in [0, 0.05) is 29.5 Å². The molecule has 0 saturated heterocycles. The summed E-state index contributed by atoms with van der Waals surface area (Å²) in [4.78, 5) is 4.17. The number of hydrogen-bond donors (Lipinski definition) is 1. The maximum atomic E-state index is 5.79. The van der Waals surface area contributed by atoms with Crippen molar-refractivity contribution in [3.05, 3.63) is 24.0 Å². The summed E-state index contributed by atoms with van der Waals surface area (Å²) < 4.78 is 0. The normalized spacial score (nSPS) is 12.9. The highest BCUT2D eigenvalue weighted by atomic mass is 35.5. The smallest absolute Gasteiger partial charge is 0.0393 e. The van der Waals surface area contributed by atoms with Crippen LogP contribution in [-0.2, 0) is 0 Å². The van der Waals surface area contributed by atoms with Crippen molar-refractivity contribution in [1.29, 1.82) is 0 Å². The fraction of sp³-hybridized carbons (Fsp3) is 0.583. The molecule has 0 aliphatic carbocycles. The summed E-state index contributed by atoms with van der Waals surface area (Å²) in [5.41, 5.74) is 2.17. The molecule has 1 N–H and O–H groups in total. The lowest BCUT2D eigenvalue weighted by Gasteiger charge is -2.22. The van der Waals surface area contributed by atoms with Crippen molar-refractivity contribution in [1.82, 2.24) is 4.98 Å². The zero-order valence-electron chi connectivity index (χ0n) is 9.63. The van der Waals surface area contributed by atoms with Crippen LogP contribution in [0, 0.1) is 12.8 Å². The third kappa shape index (κ3) is 4.08. The van der Waals surface area contributed by atoms with E-state index in [-0.39, 0.29) is 0 Å². The Bertz CT molecular complexity index is 299. The molecule has 0 aliphatic heterocycles. The van der Waals surface area contributed by atoms with E-state index >= 15 is 0 Å². The van der Waals surface area contributed by atoms with Crippen LogP contribution >= 0.6 is 11.6 Å². The molecule has 0 fully saturated rings. The molecule has 0 radical (unpaired) electrons. The van der Waals surface area contributed by atoms with Crippen molar-refractivity contribution >= 4 is 17.3 Å². The van der Waals surface area contributed by atoms with Crippen LogP contribution in [-0.4, -0.2) is 16.9 Å². The highest BCUT2D eigenvalue weighted by molar-refractivity contribution is 6.17. The average Bonchev–Trinajstić information content (AvgIpc) is 2.17. The number of alkyl halides is 1. The Hall–Kier alpha value is -0.760. The minimum absolute atomic E-state index is 0.435. The fourth-order valence-corrected chi connectivity index (χ4v) is 1.77. The van der Waals surface area contributed by atoms with Gasteiger partial charge in [-0.3, -0.25) is 4.98 Å². The third-order valence-electron chi connectivity index (χ3n) is 2.47. The van der Waals surface area contributed by atoms with Gasteiger partial charge in [-0.15, -0.1) is 11.6 Å². The highest BCUT2D eigenvalue weighted by Crippen LogP contribution is 2.15. The molecule has 3 heteroatoms. The van der Waals surface area contributed by atoms with Gasteiger partial charge in [0.15, 0.2) is 0 Å². The second-order valence-corrected chi connectivity index (χ2v) is 4.54.